The van der Waals surface area contributed by atoms with Crippen molar-refractivity contribution in [3.8, 4) is 0 Å². The van der Waals surface area contributed by atoms with Gasteiger partial charge in [-0.2, -0.15) is 0 Å². The molecule has 2 fully saturated rings. The smallest absolute Gasteiger partial charge is 0.253 e. The van der Waals surface area contributed by atoms with Crippen LogP contribution in [0.3, 0.4) is 0 Å². The van der Waals surface area contributed by atoms with Crippen molar-refractivity contribution in [1.29, 1.82) is 0 Å². The van der Waals surface area contributed by atoms with E-state index in [0.29, 0.717) is 13.1 Å². The van der Waals surface area contributed by atoms with Crippen LogP contribution in [0.25, 0.3) is 0 Å². The number of allylic oxidation sites excluding steroid dienone is 1. The summed E-state index contributed by atoms with van der Waals surface area (Å²) in [5.41, 5.74) is 2.03. The van der Waals surface area contributed by atoms with E-state index in [2.05, 4.69) is 5.32 Å². The second kappa shape index (κ2) is 8.13. The minimum atomic E-state index is 0.0414. The summed E-state index contributed by atoms with van der Waals surface area (Å²) < 4.78 is 0. The third-order valence-corrected chi connectivity index (χ3v) is 4.98. The minimum absolute atomic E-state index is 0.0414. The molecule has 0 aromatic heterocycles. The molecule has 4 heteroatoms. The number of benzene rings is 1. The molecular weight excluding hydrogens is 300 g/mol. The van der Waals surface area contributed by atoms with Crippen molar-refractivity contribution >= 4 is 11.8 Å². The van der Waals surface area contributed by atoms with E-state index in [0.717, 1.165) is 31.2 Å². The van der Waals surface area contributed by atoms with E-state index in [9.17, 15) is 9.59 Å². The maximum absolute atomic E-state index is 12.4. The van der Waals surface area contributed by atoms with E-state index in [1.165, 1.54) is 24.8 Å². The van der Waals surface area contributed by atoms with Crippen molar-refractivity contribution in [1.82, 2.24) is 10.2 Å². The molecule has 1 aliphatic heterocycles. The summed E-state index contributed by atoms with van der Waals surface area (Å²) in [6, 6.07) is 9.58. The number of carbonyl (C=O) groups is 2. The number of rotatable bonds is 3. The van der Waals surface area contributed by atoms with Crippen LogP contribution >= 0.6 is 0 Å². The third kappa shape index (κ3) is 4.47. The topological polar surface area (TPSA) is 49.4 Å². The van der Waals surface area contributed by atoms with Crippen LogP contribution in [0.1, 0.15) is 55.3 Å². The van der Waals surface area contributed by atoms with E-state index in [1.807, 2.05) is 35.2 Å². The van der Waals surface area contributed by atoms with Gasteiger partial charge in [-0.05, 0) is 50.7 Å². The van der Waals surface area contributed by atoms with Crippen LogP contribution in [-0.4, -0.2) is 35.8 Å². The predicted octanol–water partition coefficient (Wildman–Crippen LogP) is 3.30. The van der Waals surface area contributed by atoms with Crippen molar-refractivity contribution in [2.45, 2.75) is 51.0 Å². The molecule has 4 nitrogen and oxygen atoms in total. The molecule has 2 aliphatic rings. The van der Waals surface area contributed by atoms with Crippen LogP contribution in [0.5, 0.6) is 0 Å². The summed E-state index contributed by atoms with van der Waals surface area (Å²) in [4.78, 5) is 26.5. The zero-order valence-corrected chi connectivity index (χ0v) is 14.2. The molecule has 0 atom stereocenters. The second-order valence-corrected chi connectivity index (χ2v) is 6.80. The summed E-state index contributed by atoms with van der Waals surface area (Å²) in [5.74, 6) is 0.129. The zero-order chi connectivity index (χ0) is 16.8. The molecule has 3 rings (SSSR count). The van der Waals surface area contributed by atoms with E-state index >= 15 is 0 Å². The van der Waals surface area contributed by atoms with Gasteiger partial charge in [-0.3, -0.25) is 9.59 Å². The van der Waals surface area contributed by atoms with E-state index in [1.54, 1.807) is 6.08 Å². The highest BCUT2D eigenvalue weighted by Gasteiger charge is 2.24. The summed E-state index contributed by atoms with van der Waals surface area (Å²) in [5, 5.41) is 3.11. The average molecular weight is 326 g/mol. The summed E-state index contributed by atoms with van der Waals surface area (Å²) >= 11 is 0. The Morgan fingerprint density at radius 3 is 2.33 bits per heavy atom. The Balaban J connectivity index is 1.46. The Labute approximate surface area is 143 Å². The van der Waals surface area contributed by atoms with Crippen LogP contribution in [0.4, 0.5) is 0 Å². The van der Waals surface area contributed by atoms with Gasteiger partial charge < -0.3 is 10.2 Å². The van der Waals surface area contributed by atoms with E-state index < -0.39 is 0 Å². The molecular formula is C20H26N2O2. The molecule has 2 amide bonds. The number of nitrogens with one attached hydrogen (secondary N) is 1. The fourth-order valence-electron chi connectivity index (χ4n) is 3.57. The third-order valence-electron chi connectivity index (χ3n) is 4.98. The first-order chi connectivity index (χ1) is 11.7. The number of amides is 2. The van der Waals surface area contributed by atoms with Crippen molar-refractivity contribution < 1.29 is 9.59 Å². The Morgan fingerprint density at radius 1 is 1.00 bits per heavy atom. The normalized spacial score (nSPS) is 19.0. The molecule has 0 bridgehead atoms. The highest BCUT2D eigenvalue weighted by atomic mass is 16.2. The molecule has 1 N–H and O–H groups in total. The average Bonchev–Trinajstić information content (AvgIpc) is 2.63. The lowest BCUT2D eigenvalue weighted by atomic mass is 9.94. The maximum Gasteiger partial charge on any atom is 0.253 e. The number of likely N-dealkylation sites (tertiary alicyclic amines) is 1. The summed E-state index contributed by atoms with van der Waals surface area (Å²) in [6.45, 7) is 1.41. The molecule has 1 saturated heterocycles. The first kappa shape index (κ1) is 16.7. The van der Waals surface area contributed by atoms with Gasteiger partial charge in [0.05, 0.1) is 0 Å². The van der Waals surface area contributed by atoms with Crippen molar-refractivity contribution in [2.24, 2.45) is 0 Å². The van der Waals surface area contributed by atoms with Crippen LogP contribution in [0.2, 0.25) is 0 Å². The number of carbonyl (C=O) groups excluding carboxylic acids is 2. The number of hydrogen-bond donors (Lipinski definition) is 1. The minimum Gasteiger partial charge on any atom is -0.350 e. The maximum atomic E-state index is 12.4. The zero-order valence-electron chi connectivity index (χ0n) is 14.2. The Hall–Kier alpha value is -2.10. The van der Waals surface area contributed by atoms with Gasteiger partial charge in [0.2, 0.25) is 5.91 Å². The second-order valence-electron chi connectivity index (χ2n) is 6.80. The van der Waals surface area contributed by atoms with E-state index in [-0.39, 0.29) is 17.9 Å². The van der Waals surface area contributed by atoms with E-state index in [4.69, 9.17) is 0 Å². The lowest BCUT2D eigenvalue weighted by molar-refractivity contribution is -0.117. The highest BCUT2D eigenvalue weighted by Crippen LogP contribution is 2.22. The highest BCUT2D eigenvalue weighted by molar-refractivity contribution is 5.94. The molecule has 1 aliphatic carbocycles. The first-order valence-corrected chi connectivity index (χ1v) is 9.06. The predicted molar refractivity (Wildman–Crippen MR) is 94.7 cm³/mol. The molecule has 1 aromatic rings. The fraction of sp³-hybridized carbons (Fsp3) is 0.500. The lowest BCUT2D eigenvalue weighted by Gasteiger charge is -2.32. The van der Waals surface area contributed by atoms with Gasteiger partial charge in [-0.1, -0.05) is 30.2 Å². The van der Waals surface area contributed by atoms with Gasteiger partial charge in [0.1, 0.15) is 0 Å². The molecule has 1 aromatic carbocycles. The summed E-state index contributed by atoms with van der Waals surface area (Å²) in [7, 11) is 0. The molecule has 1 heterocycles. The van der Waals surface area contributed by atoms with Gasteiger partial charge in [0.25, 0.3) is 5.91 Å². The monoisotopic (exact) mass is 326 g/mol. The van der Waals surface area contributed by atoms with Crippen LogP contribution in [0, 0.1) is 0 Å². The molecule has 0 radical (unpaired) electrons. The lowest BCUT2D eigenvalue weighted by Crippen LogP contribution is -2.46. The van der Waals surface area contributed by atoms with Gasteiger partial charge in [-0.25, -0.2) is 0 Å². The number of hydrogen-bond acceptors (Lipinski definition) is 2. The van der Waals surface area contributed by atoms with Gasteiger partial charge in [-0.15, -0.1) is 0 Å². The van der Waals surface area contributed by atoms with Gasteiger partial charge in [0.15, 0.2) is 0 Å². The van der Waals surface area contributed by atoms with Crippen molar-refractivity contribution in [3.63, 3.8) is 0 Å². The Morgan fingerprint density at radius 2 is 1.67 bits per heavy atom. The fourth-order valence-corrected chi connectivity index (χ4v) is 3.57. The van der Waals surface area contributed by atoms with Crippen LogP contribution < -0.4 is 5.32 Å². The molecule has 0 unspecified atom stereocenters. The number of piperidine rings is 1. The Kier molecular flexibility index (Phi) is 5.68. The molecule has 128 valence electrons. The van der Waals surface area contributed by atoms with Gasteiger partial charge in [0, 0.05) is 30.8 Å². The van der Waals surface area contributed by atoms with Crippen LogP contribution in [0.15, 0.2) is 42.0 Å². The molecule has 24 heavy (non-hydrogen) atoms. The quantitative estimate of drug-likeness (QED) is 0.867. The van der Waals surface area contributed by atoms with Crippen molar-refractivity contribution in [3.05, 3.63) is 47.5 Å². The number of nitrogens with zero attached hydrogens (tertiary/aromatic N) is 1. The molecule has 1 saturated carbocycles. The standard InChI is InChI=1S/C20H26N2O2/c23-19(15-16-7-3-1-4-8-16)21-18-11-13-22(14-12-18)20(24)17-9-5-2-6-10-17/h2,5-6,9-10,15,18H,1,3-4,7-8,11-14H2,(H,21,23). The SMILES string of the molecule is O=C(C=C1CCCCC1)NC1CCN(C(=O)c2ccccc2)CC1. The van der Waals surface area contributed by atoms with Gasteiger partial charge >= 0.3 is 0 Å². The largest absolute Gasteiger partial charge is 0.350 e. The van der Waals surface area contributed by atoms with Crippen molar-refractivity contribution in [2.75, 3.05) is 13.1 Å². The summed E-state index contributed by atoms with van der Waals surface area (Å²) in [6.07, 6.45) is 9.29. The van der Waals surface area contributed by atoms with Crippen LogP contribution in [-0.2, 0) is 4.79 Å². The molecule has 0 spiro atoms. The Bertz CT molecular complexity index is 593. The first-order valence-electron chi connectivity index (χ1n) is 9.06.